The van der Waals surface area contributed by atoms with Crippen LogP contribution >= 0.6 is 35.3 Å². The van der Waals surface area contributed by atoms with Crippen LogP contribution in [0.25, 0.3) is 0 Å². The van der Waals surface area contributed by atoms with Crippen molar-refractivity contribution >= 4 is 47.2 Å². The third kappa shape index (κ3) is 7.23. The molecule has 0 aliphatic carbocycles. The van der Waals surface area contributed by atoms with Gasteiger partial charge in [0.1, 0.15) is 0 Å². The van der Waals surface area contributed by atoms with Gasteiger partial charge in [-0.05, 0) is 38.3 Å². The lowest BCUT2D eigenvalue weighted by molar-refractivity contribution is -0.128. The Morgan fingerprint density at radius 2 is 2.07 bits per heavy atom. The first kappa shape index (κ1) is 24.6. The number of hydrogen-bond acceptors (Lipinski definition) is 4. The normalized spacial score (nSPS) is 14.0. The molecule has 1 amide bonds. The fourth-order valence-corrected chi connectivity index (χ4v) is 4.30. The second kappa shape index (κ2) is 12.2. The van der Waals surface area contributed by atoms with Crippen LogP contribution in [0.2, 0.25) is 0 Å². The quantitative estimate of drug-likeness (QED) is 0.303. The molecule has 0 saturated carbocycles. The molecule has 8 heteroatoms. The number of nitrogens with zero attached hydrogens (tertiary/aromatic N) is 3. The van der Waals surface area contributed by atoms with Crippen LogP contribution in [0.3, 0.4) is 0 Å². The third-order valence-electron chi connectivity index (χ3n) is 5.00. The average molecular weight is 542 g/mol. The van der Waals surface area contributed by atoms with Crippen LogP contribution in [-0.4, -0.2) is 41.4 Å². The van der Waals surface area contributed by atoms with Crippen molar-refractivity contribution in [3.63, 3.8) is 0 Å². The van der Waals surface area contributed by atoms with E-state index in [2.05, 4.69) is 54.6 Å². The van der Waals surface area contributed by atoms with Crippen LogP contribution in [0.4, 0.5) is 0 Å². The summed E-state index contributed by atoms with van der Waals surface area (Å²) in [5, 5.41) is 7.86. The standard InChI is InChI=1S/C22H31N5OS.HI/c1-4-23-22(24-11-10-20-26-16(2)17(3)29-20)25-14-18-7-5-8-19(13-18)15-27-12-6-9-21(27)28;/h5,7-8,13H,4,6,9-12,14-15H2,1-3H3,(H2,23,24,25);1H. The summed E-state index contributed by atoms with van der Waals surface area (Å²) < 4.78 is 0. The third-order valence-corrected chi connectivity index (χ3v) is 6.14. The van der Waals surface area contributed by atoms with Gasteiger partial charge in [-0.1, -0.05) is 24.3 Å². The van der Waals surface area contributed by atoms with E-state index in [0.29, 0.717) is 19.5 Å². The van der Waals surface area contributed by atoms with E-state index in [1.807, 2.05) is 11.0 Å². The number of nitrogens with one attached hydrogen (secondary N) is 2. The van der Waals surface area contributed by atoms with E-state index in [1.165, 1.54) is 10.4 Å². The minimum absolute atomic E-state index is 0. The molecule has 2 N–H and O–H groups in total. The number of rotatable bonds is 8. The predicted molar refractivity (Wildman–Crippen MR) is 135 cm³/mol. The first-order valence-corrected chi connectivity index (χ1v) is 11.2. The van der Waals surface area contributed by atoms with E-state index in [9.17, 15) is 4.79 Å². The zero-order valence-electron chi connectivity index (χ0n) is 18.0. The van der Waals surface area contributed by atoms with Gasteiger partial charge in [0.25, 0.3) is 0 Å². The summed E-state index contributed by atoms with van der Waals surface area (Å²) in [6.45, 7) is 10.0. The average Bonchev–Trinajstić information content (AvgIpc) is 3.25. The molecule has 2 heterocycles. The van der Waals surface area contributed by atoms with Crippen molar-refractivity contribution in [3.8, 4) is 0 Å². The van der Waals surface area contributed by atoms with Gasteiger partial charge < -0.3 is 15.5 Å². The monoisotopic (exact) mass is 541 g/mol. The van der Waals surface area contributed by atoms with Gasteiger partial charge in [0.2, 0.25) is 5.91 Å². The molecule has 0 atom stereocenters. The first-order chi connectivity index (χ1) is 14.0. The number of halogens is 1. The zero-order valence-corrected chi connectivity index (χ0v) is 21.2. The Morgan fingerprint density at radius 3 is 2.73 bits per heavy atom. The van der Waals surface area contributed by atoms with Crippen LogP contribution in [0.1, 0.15) is 46.5 Å². The molecule has 0 bridgehead atoms. The summed E-state index contributed by atoms with van der Waals surface area (Å²) >= 11 is 1.76. The maximum atomic E-state index is 11.9. The first-order valence-electron chi connectivity index (χ1n) is 10.4. The molecule has 1 saturated heterocycles. The van der Waals surface area contributed by atoms with Crippen molar-refractivity contribution < 1.29 is 4.79 Å². The van der Waals surface area contributed by atoms with Crippen LogP contribution in [0.15, 0.2) is 29.3 Å². The topological polar surface area (TPSA) is 69.6 Å². The fraction of sp³-hybridized carbons (Fsp3) is 0.500. The predicted octanol–water partition coefficient (Wildman–Crippen LogP) is 3.80. The minimum atomic E-state index is 0. The Hall–Kier alpha value is -1.68. The van der Waals surface area contributed by atoms with Crippen LogP contribution in [0, 0.1) is 13.8 Å². The molecule has 1 fully saturated rings. The highest BCUT2D eigenvalue weighted by molar-refractivity contribution is 14.0. The van der Waals surface area contributed by atoms with Crippen molar-refractivity contribution in [2.24, 2.45) is 4.99 Å². The molecule has 30 heavy (non-hydrogen) atoms. The Bertz CT molecular complexity index is 847. The Kier molecular flexibility index (Phi) is 10.0. The molecule has 164 valence electrons. The molecule has 1 aliphatic heterocycles. The lowest BCUT2D eigenvalue weighted by Gasteiger charge is -2.16. The smallest absolute Gasteiger partial charge is 0.222 e. The number of carbonyl (C=O) groups is 1. The number of hydrogen-bond donors (Lipinski definition) is 2. The van der Waals surface area contributed by atoms with Crippen molar-refractivity contribution in [1.82, 2.24) is 20.5 Å². The summed E-state index contributed by atoms with van der Waals surface area (Å²) in [7, 11) is 0. The van der Waals surface area contributed by atoms with E-state index >= 15 is 0 Å². The molecule has 0 radical (unpaired) electrons. The maximum Gasteiger partial charge on any atom is 0.222 e. The number of aliphatic imine (C=N–C) groups is 1. The highest BCUT2D eigenvalue weighted by Gasteiger charge is 2.19. The van der Waals surface area contributed by atoms with E-state index in [4.69, 9.17) is 4.99 Å². The Balaban J connectivity index is 0.00000320. The second-order valence-electron chi connectivity index (χ2n) is 7.36. The van der Waals surface area contributed by atoms with Gasteiger partial charge >= 0.3 is 0 Å². The van der Waals surface area contributed by atoms with Gasteiger partial charge in [-0.2, -0.15) is 0 Å². The van der Waals surface area contributed by atoms with E-state index < -0.39 is 0 Å². The number of guanidine groups is 1. The highest BCUT2D eigenvalue weighted by atomic mass is 127. The summed E-state index contributed by atoms with van der Waals surface area (Å²) in [6, 6.07) is 8.37. The summed E-state index contributed by atoms with van der Waals surface area (Å²) in [5.41, 5.74) is 3.44. The summed E-state index contributed by atoms with van der Waals surface area (Å²) in [4.78, 5) is 24.4. The van der Waals surface area contributed by atoms with Gasteiger partial charge in [0.05, 0.1) is 17.2 Å². The lowest BCUT2D eigenvalue weighted by Crippen LogP contribution is -2.38. The van der Waals surface area contributed by atoms with E-state index in [1.54, 1.807) is 11.3 Å². The molecule has 0 spiro atoms. The number of carbonyl (C=O) groups excluding carboxylic acids is 1. The number of aryl methyl sites for hydroxylation is 2. The zero-order chi connectivity index (χ0) is 20.6. The number of likely N-dealkylation sites (tertiary alicyclic amines) is 1. The molecule has 1 aromatic carbocycles. The fourth-order valence-electron chi connectivity index (χ4n) is 3.36. The Morgan fingerprint density at radius 1 is 1.27 bits per heavy atom. The van der Waals surface area contributed by atoms with Crippen LogP contribution in [0.5, 0.6) is 0 Å². The molecule has 6 nitrogen and oxygen atoms in total. The van der Waals surface area contributed by atoms with E-state index in [-0.39, 0.29) is 29.9 Å². The summed E-state index contributed by atoms with van der Waals surface area (Å²) in [6.07, 6.45) is 2.55. The maximum absolute atomic E-state index is 11.9. The highest BCUT2D eigenvalue weighted by Crippen LogP contribution is 2.17. The molecular weight excluding hydrogens is 509 g/mol. The number of amides is 1. The SMILES string of the molecule is CCNC(=NCc1cccc(CN2CCCC2=O)c1)NCCc1nc(C)c(C)s1.I. The van der Waals surface area contributed by atoms with Gasteiger partial charge in [0.15, 0.2) is 5.96 Å². The van der Waals surface area contributed by atoms with Crippen LogP contribution < -0.4 is 10.6 Å². The second-order valence-corrected chi connectivity index (χ2v) is 8.65. The minimum Gasteiger partial charge on any atom is -0.357 e. The van der Waals surface area contributed by atoms with Crippen molar-refractivity contribution in [1.29, 1.82) is 0 Å². The van der Waals surface area contributed by atoms with Crippen molar-refractivity contribution in [2.75, 3.05) is 19.6 Å². The largest absolute Gasteiger partial charge is 0.357 e. The van der Waals surface area contributed by atoms with Gasteiger partial charge in [0, 0.05) is 43.9 Å². The summed E-state index contributed by atoms with van der Waals surface area (Å²) in [5.74, 6) is 1.08. The number of aromatic nitrogens is 1. The molecule has 1 aromatic heterocycles. The molecule has 1 aliphatic rings. The van der Waals surface area contributed by atoms with Crippen LogP contribution in [-0.2, 0) is 24.3 Å². The van der Waals surface area contributed by atoms with E-state index in [0.717, 1.165) is 54.7 Å². The molecule has 0 unspecified atom stereocenters. The van der Waals surface area contributed by atoms with Crippen molar-refractivity contribution in [2.45, 2.75) is 53.1 Å². The van der Waals surface area contributed by atoms with Gasteiger partial charge in [-0.3, -0.25) is 4.79 Å². The van der Waals surface area contributed by atoms with Gasteiger partial charge in [-0.15, -0.1) is 35.3 Å². The molecular formula is C22H32IN5OS. The Labute approximate surface area is 200 Å². The van der Waals surface area contributed by atoms with Gasteiger partial charge in [-0.25, -0.2) is 9.98 Å². The molecule has 3 rings (SSSR count). The number of thiazole rings is 1. The lowest BCUT2D eigenvalue weighted by atomic mass is 10.1. The molecule has 2 aromatic rings. The number of benzene rings is 1. The van der Waals surface area contributed by atoms with Crippen molar-refractivity contribution in [3.05, 3.63) is 51.0 Å².